The molecule has 1 aromatic rings. The third kappa shape index (κ3) is 2.18. The molecule has 1 N–H and O–H groups in total. The minimum Gasteiger partial charge on any atom is -0.333 e. The van der Waals surface area contributed by atoms with Crippen molar-refractivity contribution in [1.29, 1.82) is 0 Å². The Labute approximate surface area is 132 Å². The molecule has 108 valence electrons. The third-order valence-electron chi connectivity index (χ3n) is 4.77. The van der Waals surface area contributed by atoms with Crippen LogP contribution in [0.3, 0.4) is 0 Å². The highest BCUT2D eigenvalue weighted by atomic mass is 79.9. The van der Waals surface area contributed by atoms with Gasteiger partial charge in [0.2, 0.25) is 0 Å². The summed E-state index contributed by atoms with van der Waals surface area (Å²) >= 11 is 9.60. The van der Waals surface area contributed by atoms with E-state index < -0.39 is 0 Å². The van der Waals surface area contributed by atoms with Crippen molar-refractivity contribution in [2.24, 2.45) is 11.8 Å². The minimum absolute atomic E-state index is 0.0434. The van der Waals surface area contributed by atoms with Crippen LogP contribution in [-0.4, -0.2) is 36.0 Å². The molecule has 20 heavy (non-hydrogen) atoms. The van der Waals surface area contributed by atoms with Crippen LogP contribution >= 0.6 is 27.5 Å². The van der Waals surface area contributed by atoms with Gasteiger partial charge in [-0.2, -0.15) is 0 Å². The Balaban J connectivity index is 1.91. The van der Waals surface area contributed by atoms with E-state index in [2.05, 4.69) is 35.1 Å². The van der Waals surface area contributed by atoms with Gasteiger partial charge in [0, 0.05) is 29.6 Å². The lowest BCUT2D eigenvalue weighted by Crippen LogP contribution is -2.47. The zero-order chi connectivity index (χ0) is 14.5. The highest BCUT2D eigenvalue weighted by molar-refractivity contribution is 9.10. The second-order valence-electron chi connectivity index (χ2n) is 6.22. The van der Waals surface area contributed by atoms with Gasteiger partial charge in [-0.05, 0) is 43.9 Å². The first-order chi connectivity index (χ1) is 9.41. The smallest absolute Gasteiger partial charge is 0.255 e. The molecule has 2 saturated heterocycles. The van der Waals surface area contributed by atoms with E-state index in [0.717, 1.165) is 24.1 Å². The number of carbonyl (C=O) groups excluding carboxylic acids is 1. The van der Waals surface area contributed by atoms with E-state index >= 15 is 0 Å². The van der Waals surface area contributed by atoms with E-state index in [1.54, 1.807) is 12.1 Å². The summed E-state index contributed by atoms with van der Waals surface area (Å²) in [5.41, 5.74) is 0.470. The lowest BCUT2D eigenvalue weighted by molar-refractivity contribution is 0.0603. The maximum absolute atomic E-state index is 12.8. The summed E-state index contributed by atoms with van der Waals surface area (Å²) < 4.78 is 0.890. The molecule has 2 heterocycles. The Kier molecular flexibility index (Phi) is 3.59. The van der Waals surface area contributed by atoms with Gasteiger partial charge < -0.3 is 10.2 Å². The molecule has 0 aromatic heterocycles. The highest BCUT2D eigenvalue weighted by Crippen LogP contribution is 2.41. The molecule has 3 rings (SSSR count). The number of likely N-dealkylation sites (tertiary alicyclic amines) is 1. The summed E-state index contributed by atoms with van der Waals surface area (Å²) in [5, 5.41) is 3.94. The lowest BCUT2D eigenvalue weighted by atomic mass is 9.84. The first-order valence-corrected chi connectivity index (χ1v) is 8.06. The summed E-state index contributed by atoms with van der Waals surface area (Å²) in [7, 11) is 0. The van der Waals surface area contributed by atoms with Crippen LogP contribution in [0.4, 0.5) is 0 Å². The Morgan fingerprint density at radius 2 is 2.20 bits per heavy atom. The number of benzene rings is 1. The maximum atomic E-state index is 12.8. The van der Waals surface area contributed by atoms with Crippen LogP contribution in [0.15, 0.2) is 22.7 Å². The monoisotopic (exact) mass is 356 g/mol. The molecule has 1 amide bonds. The lowest BCUT2D eigenvalue weighted by Gasteiger charge is -2.35. The van der Waals surface area contributed by atoms with Crippen molar-refractivity contribution in [3.8, 4) is 0 Å². The van der Waals surface area contributed by atoms with E-state index in [4.69, 9.17) is 11.6 Å². The van der Waals surface area contributed by atoms with Crippen LogP contribution in [0, 0.1) is 11.8 Å². The molecule has 0 radical (unpaired) electrons. The van der Waals surface area contributed by atoms with Gasteiger partial charge >= 0.3 is 0 Å². The molecule has 1 aromatic carbocycles. The largest absolute Gasteiger partial charge is 0.333 e. The summed E-state index contributed by atoms with van der Waals surface area (Å²) in [4.78, 5) is 14.8. The molecule has 3 nitrogen and oxygen atoms in total. The minimum atomic E-state index is -0.123. The molecule has 2 aliphatic heterocycles. The molecule has 2 fully saturated rings. The Morgan fingerprint density at radius 3 is 2.85 bits per heavy atom. The molecule has 0 spiro atoms. The van der Waals surface area contributed by atoms with Gasteiger partial charge in [-0.3, -0.25) is 4.79 Å². The van der Waals surface area contributed by atoms with Crippen molar-refractivity contribution in [1.82, 2.24) is 10.2 Å². The third-order valence-corrected chi connectivity index (χ3v) is 5.57. The second-order valence-corrected chi connectivity index (χ2v) is 7.54. The molecular weight excluding hydrogens is 340 g/mol. The number of nitrogens with one attached hydrogen (secondary N) is 1. The molecule has 2 unspecified atom stereocenters. The van der Waals surface area contributed by atoms with E-state index in [1.165, 1.54) is 0 Å². The number of amides is 1. The van der Waals surface area contributed by atoms with Gasteiger partial charge in [0.15, 0.2) is 0 Å². The number of nitrogens with zero attached hydrogens (tertiary/aromatic N) is 1. The number of fused-ring (bicyclic) bond motifs is 1. The van der Waals surface area contributed by atoms with Gasteiger partial charge in [0.05, 0.1) is 10.6 Å². The van der Waals surface area contributed by atoms with Crippen molar-refractivity contribution in [2.75, 3.05) is 19.6 Å². The van der Waals surface area contributed by atoms with Gasteiger partial charge in [-0.25, -0.2) is 0 Å². The molecule has 0 bridgehead atoms. The number of rotatable bonds is 1. The quantitative estimate of drug-likeness (QED) is 0.837. The number of halogens is 2. The predicted octanol–water partition coefficient (Wildman–Crippen LogP) is 3.17. The van der Waals surface area contributed by atoms with Crippen LogP contribution in [0.5, 0.6) is 0 Å². The van der Waals surface area contributed by atoms with Crippen LogP contribution < -0.4 is 5.32 Å². The van der Waals surface area contributed by atoms with Gasteiger partial charge in [-0.1, -0.05) is 27.5 Å². The zero-order valence-corrected chi connectivity index (χ0v) is 14.0. The molecule has 0 aliphatic carbocycles. The molecule has 2 aliphatic rings. The van der Waals surface area contributed by atoms with Crippen molar-refractivity contribution in [3.05, 3.63) is 33.3 Å². The van der Waals surface area contributed by atoms with E-state index in [-0.39, 0.29) is 11.4 Å². The van der Waals surface area contributed by atoms with E-state index in [0.29, 0.717) is 22.4 Å². The van der Waals surface area contributed by atoms with Gasteiger partial charge in [0.1, 0.15) is 0 Å². The number of hydrogen-bond acceptors (Lipinski definition) is 2. The SMILES string of the molecule is CC1(C)C2CNCC2CN1C(=O)c1ccc(Br)cc1Cl. The number of hydrogen-bond donors (Lipinski definition) is 1. The predicted molar refractivity (Wildman–Crippen MR) is 84.1 cm³/mol. The average Bonchev–Trinajstić information content (AvgIpc) is 2.91. The fourth-order valence-electron chi connectivity index (χ4n) is 3.57. The fraction of sp³-hybridized carbons (Fsp3) is 0.533. The zero-order valence-electron chi connectivity index (χ0n) is 11.6. The first kappa shape index (κ1) is 14.4. The molecular formula is C15H18BrClN2O. The van der Waals surface area contributed by atoms with Crippen LogP contribution in [-0.2, 0) is 0 Å². The van der Waals surface area contributed by atoms with Crippen LogP contribution in [0.25, 0.3) is 0 Å². The van der Waals surface area contributed by atoms with Crippen molar-refractivity contribution >= 4 is 33.4 Å². The topological polar surface area (TPSA) is 32.3 Å². The van der Waals surface area contributed by atoms with Crippen molar-refractivity contribution < 1.29 is 4.79 Å². The normalized spacial score (nSPS) is 27.7. The second kappa shape index (κ2) is 5.00. The van der Waals surface area contributed by atoms with Crippen LogP contribution in [0.1, 0.15) is 24.2 Å². The summed E-state index contributed by atoms with van der Waals surface area (Å²) in [6.07, 6.45) is 0. The molecule has 0 saturated carbocycles. The molecule has 2 atom stereocenters. The summed E-state index contributed by atoms with van der Waals surface area (Å²) in [6, 6.07) is 5.45. The highest BCUT2D eigenvalue weighted by Gasteiger charge is 2.51. The van der Waals surface area contributed by atoms with Gasteiger partial charge in [0.25, 0.3) is 5.91 Å². The average molecular weight is 358 g/mol. The van der Waals surface area contributed by atoms with Crippen molar-refractivity contribution in [2.45, 2.75) is 19.4 Å². The van der Waals surface area contributed by atoms with Crippen LogP contribution in [0.2, 0.25) is 5.02 Å². The number of carbonyl (C=O) groups is 1. The summed E-state index contributed by atoms with van der Waals surface area (Å²) in [6.45, 7) is 7.14. The standard InChI is InChI=1S/C15H18BrClN2O/c1-15(2)12-7-18-6-9(12)8-19(15)14(20)11-4-3-10(16)5-13(11)17/h3-5,9,12,18H,6-8H2,1-2H3. The van der Waals surface area contributed by atoms with E-state index in [9.17, 15) is 4.79 Å². The Hall–Kier alpha value is -0.580. The fourth-order valence-corrected chi connectivity index (χ4v) is 4.33. The van der Waals surface area contributed by atoms with Crippen molar-refractivity contribution in [3.63, 3.8) is 0 Å². The first-order valence-electron chi connectivity index (χ1n) is 6.89. The molecule has 5 heteroatoms. The van der Waals surface area contributed by atoms with E-state index in [1.807, 2.05) is 11.0 Å². The Bertz CT molecular complexity index is 561. The summed E-state index contributed by atoms with van der Waals surface area (Å²) in [5.74, 6) is 1.13. The van der Waals surface area contributed by atoms with Gasteiger partial charge in [-0.15, -0.1) is 0 Å². The maximum Gasteiger partial charge on any atom is 0.255 e. The Morgan fingerprint density at radius 1 is 1.45 bits per heavy atom.